The first kappa shape index (κ1) is 7.94. The lowest BCUT2D eigenvalue weighted by molar-refractivity contribution is -0.124. The second kappa shape index (κ2) is 3.30. The molecule has 1 heterocycles. The molecule has 1 N–H and O–H groups in total. The van der Waals surface area contributed by atoms with Gasteiger partial charge in [-0.3, -0.25) is 14.9 Å². The normalized spacial score (nSPS) is 25.1. The zero-order valence-corrected chi connectivity index (χ0v) is 7.05. The van der Waals surface area contributed by atoms with E-state index in [0.29, 0.717) is 6.42 Å². The van der Waals surface area contributed by atoms with Crippen LogP contribution >= 0.6 is 21.6 Å². The van der Waals surface area contributed by atoms with E-state index in [4.69, 9.17) is 0 Å². The third-order valence-electron chi connectivity index (χ3n) is 1.14. The highest BCUT2D eigenvalue weighted by Gasteiger charge is 2.30. The Bertz CT molecular complexity index is 171. The molecule has 0 spiro atoms. The molecule has 3 nitrogen and oxygen atoms in total. The van der Waals surface area contributed by atoms with Crippen LogP contribution < -0.4 is 5.32 Å². The van der Waals surface area contributed by atoms with E-state index in [2.05, 4.69) is 5.32 Å². The van der Waals surface area contributed by atoms with Crippen molar-refractivity contribution in [3.63, 3.8) is 0 Å². The van der Waals surface area contributed by atoms with Gasteiger partial charge in [-0.1, -0.05) is 21.6 Å². The quantitative estimate of drug-likeness (QED) is 0.490. The van der Waals surface area contributed by atoms with Gasteiger partial charge in [0.05, 0.1) is 0 Å². The molecule has 1 aliphatic rings. The Labute approximate surface area is 66.7 Å². The van der Waals surface area contributed by atoms with Gasteiger partial charge >= 0.3 is 0 Å². The SMILES string of the molecule is CSSC1CC(=O)NC1=O. The zero-order valence-electron chi connectivity index (χ0n) is 5.42. The lowest BCUT2D eigenvalue weighted by Crippen LogP contribution is -2.22. The number of hydrogen-bond donors (Lipinski definition) is 1. The van der Waals surface area contributed by atoms with Gasteiger partial charge in [0.2, 0.25) is 11.8 Å². The summed E-state index contributed by atoms with van der Waals surface area (Å²) in [6, 6.07) is 0. The summed E-state index contributed by atoms with van der Waals surface area (Å²) in [7, 11) is 2.94. The first-order valence-corrected chi connectivity index (χ1v) is 5.39. The van der Waals surface area contributed by atoms with Gasteiger partial charge in [-0.15, -0.1) is 0 Å². The summed E-state index contributed by atoms with van der Waals surface area (Å²) in [6.45, 7) is 0. The molecule has 1 aliphatic heterocycles. The van der Waals surface area contributed by atoms with Gasteiger partial charge in [-0.2, -0.15) is 0 Å². The maximum atomic E-state index is 10.8. The van der Waals surface area contributed by atoms with Crippen molar-refractivity contribution in [3.8, 4) is 0 Å². The Balaban J connectivity index is 2.46. The van der Waals surface area contributed by atoms with Gasteiger partial charge in [0.1, 0.15) is 5.25 Å². The van der Waals surface area contributed by atoms with Gasteiger partial charge in [0.25, 0.3) is 0 Å². The number of imide groups is 1. The maximum absolute atomic E-state index is 10.8. The summed E-state index contributed by atoms with van der Waals surface area (Å²) in [5.41, 5.74) is 0. The third kappa shape index (κ3) is 1.67. The van der Waals surface area contributed by atoms with Crippen molar-refractivity contribution in [1.29, 1.82) is 0 Å². The number of amides is 2. The predicted molar refractivity (Wildman–Crippen MR) is 42.7 cm³/mol. The topological polar surface area (TPSA) is 46.2 Å². The molecule has 0 aromatic rings. The van der Waals surface area contributed by atoms with Gasteiger partial charge in [-0.25, -0.2) is 0 Å². The van der Waals surface area contributed by atoms with Crippen molar-refractivity contribution in [2.24, 2.45) is 0 Å². The van der Waals surface area contributed by atoms with Crippen molar-refractivity contribution in [2.45, 2.75) is 11.7 Å². The van der Waals surface area contributed by atoms with E-state index in [1.165, 1.54) is 21.6 Å². The Morgan fingerprint density at radius 2 is 2.30 bits per heavy atom. The van der Waals surface area contributed by atoms with E-state index in [0.717, 1.165) is 0 Å². The summed E-state index contributed by atoms with van der Waals surface area (Å²) in [4.78, 5) is 21.4. The summed E-state index contributed by atoms with van der Waals surface area (Å²) >= 11 is 0. The van der Waals surface area contributed by atoms with E-state index >= 15 is 0 Å². The van der Waals surface area contributed by atoms with Crippen LogP contribution in [-0.4, -0.2) is 23.3 Å². The fraction of sp³-hybridized carbons (Fsp3) is 0.600. The van der Waals surface area contributed by atoms with E-state index in [1.54, 1.807) is 0 Å². The molecule has 1 fully saturated rings. The average Bonchev–Trinajstić information content (AvgIpc) is 2.13. The van der Waals surface area contributed by atoms with Gasteiger partial charge in [0.15, 0.2) is 0 Å². The van der Waals surface area contributed by atoms with E-state index in [-0.39, 0.29) is 17.1 Å². The fourth-order valence-corrected chi connectivity index (χ4v) is 2.49. The molecular formula is C5H7NO2S2. The molecule has 56 valence electrons. The molecule has 0 aromatic carbocycles. The van der Waals surface area contributed by atoms with E-state index < -0.39 is 0 Å². The Hall–Kier alpha value is -0.160. The Morgan fingerprint density at radius 1 is 1.60 bits per heavy atom. The highest BCUT2D eigenvalue weighted by Crippen LogP contribution is 2.28. The minimum Gasteiger partial charge on any atom is -0.295 e. The largest absolute Gasteiger partial charge is 0.295 e. The van der Waals surface area contributed by atoms with Crippen LogP contribution in [0.5, 0.6) is 0 Å². The smallest absolute Gasteiger partial charge is 0.241 e. The maximum Gasteiger partial charge on any atom is 0.241 e. The highest BCUT2D eigenvalue weighted by molar-refractivity contribution is 8.76. The van der Waals surface area contributed by atoms with E-state index in [1.807, 2.05) is 6.26 Å². The number of carbonyl (C=O) groups is 2. The average molecular weight is 177 g/mol. The predicted octanol–water partition coefficient (Wildman–Crippen LogP) is 0.413. The molecule has 1 rings (SSSR count). The summed E-state index contributed by atoms with van der Waals surface area (Å²) in [5, 5.41) is 2.08. The molecule has 0 aliphatic carbocycles. The number of nitrogens with one attached hydrogen (secondary N) is 1. The summed E-state index contributed by atoms with van der Waals surface area (Å²) in [6.07, 6.45) is 2.23. The molecule has 1 unspecified atom stereocenters. The second-order valence-electron chi connectivity index (χ2n) is 1.87. The van der Waals surface area contributed by atoms with Crippen molar-refractivity contribution in [1.82, 2.24) is 5.32 Å². The van der Waals surface area contributed by atoms with Gasteiger partial charge in [-0.05, 0) is 6.26 Å². The minimum atomic E-state index is -0.164. The molecule has 1 atom stereocenters. The van der Waals surface area contributed by atoms with Crippen LogP contribution in [0, 0.1) is 0 Å². The van der Waals surface area contributed by atoms with Crippen LogP contribution in [0.2, 0.25) is 0 Å². The Morgan fingerprint density at radius 3 is 2.70 bits per heavy atom. The van der Waals surface area contributed by atoms with Crippen LogP contribution in [0.3, 0.4) is 0 Å². The molecule has 0 radical (unpaired) electrons. The van der Waals surface area contributed by atoms with Crippen LogP contribution in [0.15, 0.2) is 0 Å². The molecule has 0 saturated carbocycles. The fourth-order valence-electron chi connectivity index (χ4n) is 0.724. The molecule has 10 heavy (non-hydrogen) atoms. The molecule has 1 saturated heterocycles. The third-order valence-corrected chi connectivity index (χ3v) is 3.22. The monoisotopic (exact) mass is 177 g/mol. The number of hydrogen-bond acceptors (Lipinski definition) is 4. The number of rotatable bonds is 2. The number of carbonyl (C=O) groups excluding carboxylic acids is 2. The van der Waals surface area contributed by atoms with Crippen molar-refractivity contribution in [2.75, 3.05) is 6.26 Å². The van der Waals surface area contributed by atoms with E-state index in [9.17, 15) is 9.59 Å². The minimum absolute atomic E-state index is 0.149. The standard InChI is InChI=1S/C5H7NO2S2/c1-9-10-3-2-4(7)6-5(3)8/h3H,2H2,1H3,(H,6,7,8). The first-order valence-electron chi connectivity index (χ1n) is 2.77. The Kier molecular flexibility index (Phi) is 2.62. The lowest BCUT2D eigenvalue weighted by Gasteiger charge is -1.98. The summed E-state index contributed by atoms with van der Waals surface area (Å²) in [5.74, 6) is -0.305. The van der Waals surface area contributed by atoms with Crippen LogP contribution in [-0.2, 0) is 9.59 Å². The van der Waals surface area contributed by atoms with Gasteiger partial charge in [0, 0.05) is 6.42 Å². The van der Waals surface area contributed by atoms with Gasteiger partial charge < -0.3 is 0 Å². The summed E-state index contributed by atoms with van der Waals surface area (Å²) < 4.78 is 0. The zero-order chi connectivity index (χ0) is 7.56. The molecule has 0 bridgehead atoms. The lowest BCUT2D eigenvalue weighted by atomic mass is 10.4. The molecule has 0 aromatic heterocycles. The van der Waals surface area contributed by atoms with Crippen molar-refractivity contribution in [3.05, 3.63) is 0 Å². The van der Waals surface area contributed by atoms with Crippen LogP contribution in [0.4, 0.5) is 0 Å². The van der Waals surface area contributed by atoms with Crippen molar-refractivity contribution >= 4 is 33.4 Å². The molecule has 2 amide bonds. The molecular weight excluding hydrogens is 170 g/mol. The first-order chi connectivity index (χ1) is 4.74. The second-order valence-corrected chi connectivity index (χ2v) is 4.54. The van der Waals surface area contributed by atoms with Crippen LogP contribution in [0.25, 0.3) is 0 Å². The molecule has 5 heteroatoms. The van der Waals surface area contributed by atoms with Crippen molar-refractivity contribution < 1.29 is 9.59 Å². The highest BCUT2D eigenvalue weighted by atomic mass is 33.1. The van der Waals surface area contributed by atoms with Crippen LogP contribution in [0.1, 0.15) is 6.42 Å².